The van der Waals surface area contributed by atoms with E-state index >= 15 is 0 Å². The van der Waals surface area contributed by atoms with Crippen LogP contribution >= 0.6 is 0 Å². The third kappa shape index (κ3) is 3.08. The number of aromatic nitrogens is 2. The third-order valence-electron chi connectivity index (χ3n) is 4.25. The Morgan fingerprint density at radius 2 is 2.00 bits per heavy atom. The Kier molecular flexibility index (Phi) is 4.22. The summed E-state index contributed by atoms with van der Waals surface area (Å²) in [7, 11) is 3.70. The summed E-state index contributed by atoms with van der Waals surface area (Å²) in [6.07, 6.45) is 0. The second-order valence-corrected chi connectivity index (χ2v) is 5.95. The molecule has 0 fully saturated rings. The van der Waals surface area contributed by atoms with Gasteiger partial charge in [-0.15, -0.1) is 0 Å². The molecule has 7 heteroatoms. The smallest absolute Gasteiger partial charge is 0.293 e. The molecule has 25 heavy (non-hydrogen) atoms. The van der Waals surface area contributed by atoms with Crippen LogP contribution in [0.2, 0.25) is 0 Å². The highest BCUT2D eigenvalue weighted by Crippen LogP contribution is 2.30. The first-order valence-corrected chi connectivity index (χ1v) is 7.79. The maximum Gasteiger partial charge on any atom is 0.293 e. The molecule has 0 aliphatic rings. The quantitative estimate of drug-likeness (QED) is 0.405. The lowest BCUT2D eigenvalue weighted by molar-refractivity contribution is -0.384. The van der Waals surface area contributed by atoms with E-state index in [1.54, 1.807) is 24.1 Å². The first kappa shape index (κ1) is 16.6. The van der Waals surface area contributed by atoms with Crippen molar-refractivity contribution in [2.24, 2.45) is 7.05 Å². The average molecular weight is 338 g/mol. The number of nitro benzene ring substituents is 1. The molecule has 0 bridgehead atoms. The first-order valence-electron chi connectivity index (χ1n) is 7.79. The Balaban J connectivity index is 1.97. The molecule has 3 rings (SSSR count). The number of nitro groups is 1. The standard InChI is InChI=1S/C18H18N4O3/c1-12(23)13-8-9-16(17(10-13)22(24)25)20(2)11-18-19-14-6-4-5-7-15(14)21(18)3/h4-10H,11H2,1-3H3. The maximum absolute atomic E-state index is 11.5. The summed E-state index contributed by atoms with van der Waals surface area (Å²) in [6, 6.07) is 12.3. The molecule has 7 nitrogen and oxygen atoms in total. The molecule has 0 saturated carbocycles. The Hall–Kier alpha value is -3.22. The maximum atomic E-state index is 11.5. The molecule has 0 saturated heterocycles. The second kappa shape index (κ2) is 6.35. The number of ketones is 1. The van der Waals surface area contributed by atoms with Gasteiger partial charge in [0.15, 0.2) is 5.78 Å². The van der Waals surface area contributed by atoms with Crippen LogP contribution in [0.25, 0.3) is 11.0 Å². The van der Waals surface area contributed by atoms with Gasteiger partial charge < -0.3 is 9.47 Å². The molecular formula is C18H18N4O3. The summed E-state index contributed by atoms with van der Waals surface area (Å²) in [5.41, 5.74) is 2.57. The molecule has 0 N–H and O–H groups in total. The van der Waals surface area contributed by atoms with Crippen molar-refractivity contribution >= 4 is 28.2 Å². The van der Waals surface area contributed by atoms with E-state index in [0.29, 0.717) is 17.8 Å². The fourth-order valence-corrected chi connectivity index (χ4v) is 2.85. The topological polar surface area (TPSA) is 81.3 Å². The van der Waals surface area contributed by atoms with Crippen molar-refractivity contribution in [3.8, 4) is 0 Å². The van der Waals surface area contributed by atoms with Gasteiger partial charge in [0.2, 0.25) is 0 Å². The van der Waals surface area contributed by atoms with Crippen LogP contribution in [-0.4, -0.2) is 27.3 Å². The SMILES string of the molecule is CC(=O)c1ccc(N(C)Cc2nc3ccccc3n2C)c([N+](=O)[O-])c1. The van der Waals surface area contributed by atoms with E-state index in [1.807, 2.05) is 35.9 Å². The van der Waals surface area contributed by atoms with Crippen molar-refractivity contribution in [3.05, 3.63) is 64.0 Å². The van der Waals surface area contributed by atoms with E-state index in [-0.39, 0.29) is 11.5 Å². The molecular weight excluding hydrogens is 320 g/mol. The second-order valence-electron chi connectivity index (χ2n) is 5.95. The molecule has 1 heterocycles. The third-order valence-corrected chi connectivity index (χ3v) is 4.25. The lowest BCUT2D eigenvalue weighted by atomic mass is 10.1. The highest BCUT2D eigenvalue weighted by atomic mass is 16.6. The Bertz CT molecular complexity index is 978. The van der Waals surface area contributed by atoms with Gasteiger partial charge in [-0.1, -0.05) is 12.1 Å². The summed E-state index contributed by atoms with van der Waals surface area (Å²) in [6.45, 7) is 1.80. The molecule has 3 aromatic rings. The van der Waals surface area contributed by atoms with Crippen molar-refractivity contribution in [1.82, 2.24) is 9.55 Å². The van der Waals surface area contributed by atoms with Gasteiger partial charge >= 0.3 is 0 Å². The monoisotopic (exact) mass is 338 g/mol. The number of imidazole rings is 1. The summed E-state index contributed by atoms with van der Waals surface area (Å²) in [5, 5.41) is 11.4. The summed E-state index contributed by atoms with van der Waals surface area (Å²) in [4.78, 5) is 28.8. The van der Waals surface area contributed by atoms with E-state index in [4.69, 9.17) is 0 Å². The lowest BCUT2D eigenvalue weighted by Crippen LogP contribution is -2.20. The molecule has 0 aliphatic heterocycles. The van der Waals surface area contributed by atoms with Gasteiger partial charge in [0, 0.05) is 25.7 Å². The van der Waals surface area contributed by atoms with Crippen molar-refractivity contribution < 1.29 is 9.72 Å². The normalized spacial score (nSPS) is 10.8. The van der Waals surface area contributed by atoms with E-state index in [9.17, 15) is 14.9 Å². The molecule has 1 aromatic heterocycles. The Labute approximate surface area is 144 Å². The molecule has 2 aromatic carbocycles. The van der Waals surface area contributed by atoms with Crippen LogP contribution in [0.3, 0.4) is 0 Å². The Morgan fingerprint density at radius 3 is 2.64 bits per heavy atom. The van der Waals surface area contributed by atoms with Crippen molar-refractivity contribution in [2.75, 3.05) is 11.9 Å². The number of aryl methyl sites for hydroxylation is 1. The van der Waals surface area contributed by atoms with Crippen LogP contribution in [0.15, 0.2) is 42.5 Å². The summed E-state index contributed by atoms with van der Waals surface area (Å²) in [5.74, 6) is 0.598. The number of hydrogen-bond donors (Lipinski definition) is 0. The van der Waals surface area contributed by atoms with Crippen molar-refractivity contribution in [3.63, 3.8) is 0 Å². The minimum absolute atomic E-state index is 0.0889. The zero-order chi connectivity index (χ0) is 18.1. The minimum Gasteiger partial charge on any atom is -0.362 e. The largest absolute Gasteiger partial charge is 0.362 e. The molecule has 0 aliphatic carbocycles. The van der Waals surface area contributed by atoms with Gasteiger partial charge in [-0.2, -0.15) is 0 Å². The fraction of sp³-hybridized carbons (Fsp3) is 0.222. The van der Waals surface area contributed by atoms with Gasteiger partial charge in [-0.3, -0.25) is 14.9 Å². The minimum atomic E-state index is -0.465. The van der Waals surface area contributed by atoms with Gasteiger partial charge in [-0.25, -0.2) is 4.98 Å². The van der Waals surface area contributed by atoms with Crippen LogP contribution in [0, 0.1) is 10.1 Å². The van der Waals surface area contributed by atoms with E-state index < -0.39 is 4.92 Å². The molecule has 0 amide bonds. The van der Waals surface area contributed by atoms with Crippen LogP contribution in [0.1, 0.15) is 23.1 Å². The number of nitrogens with zero attached hydrogens (tertiary/aromatic N) is 4. The molecule has 0 atom stereocenters. The number of fused-ring (bicyclic) bond motifs is 1. The molecule has 0 unspecified atom stereocenters. The zero-order valence-electron chi connectivity index (χ0n) is 14.3. The Morgan fingerprint density at radius 1 is 1.28 bits per heavy atom. The van der Waals surface area contributed by atoms with E-state index in [1.165, 1.54) is 13.0 Å². The van der Waals surface area contributed by atoms with Crippen LogP contribution in [-0.2, 0) is 13.6 Å². The number of hydrogen-bond acceptors (Lipinski definition) is 5. The van der Waals surface area contributed by atoms with Crippen molar-refractivity contribution in [1.29, 1.82) is 0 Å². The molecule has 0 radical (unpaired) electrons. The number of carbonyl (C=O) groups excluding carboxylic acids is 1. The highest BCUT2D eigenvalue weighted by Gasteiger charge is 2.20. The predicted octanol–water partition coefficient (Wildman–Crippen LogP) is 3.32. The van der Waals surface area contributed by atoms with Crippen LogP contribution in [0.4, 0.5) is 11.4 Å². The summed E-state index contributed by atoms with van der Waals surface area (Å²) >= 11 is 0. The van der Waals surface area contributed by atoms with Crippen LogP contribution < -0.4 is 4.90 Å². The number of Topliss-reactive ketones (excluding diaryl/α,β-unsaturated/α-hetero) is 1. The van der Waals surface area contributed by atoms with Crippen LogP contribution in [0.5, 0.6) is 0 Å². The zero-order valence-corrected chi connectivity index (χ0v) is 14.3. The molecule has 128 valence electrons. The predicted molar refractivity (Wildman–Crippen MR) is 95.9 cm³/mol. The highest BCUT2D eigenvalue weighted by molar-refractivity contribution is 5.95. The van der Waals surface area contributed by atoms with Gasteiger partial charge in [0.25, 0.3) is 5.69 Å². The fourth-order valence-electron chi connectivity index (χ4n) is 2.85. The number of para-hydroxylation sites is 2. The van der Waals surface area contributed by atoms with E-state index in [2.05, 4.69) is 4.98 Å². The van der Waals surface area contributed by atoms with Gasteiger partial charge in [0.05, 0.1) is 22.5 Å². The van der Waals surface area contributed by atoms with Gasteiger partial charge in [-0.05, 0) is 31.2 Å². The lowest BCUT2D eigenvalue weighted by Gasteiger charge is -2.19. The number of carbonyl (C=O) groups is 1. The number of rotatable bonds is 5. The van der Waals surface area contributed by atoms with Gasteiger partial charge in [0.1, 0.15) is 11.5 Å². The average Bonchev–Trinajstić information content (AvgIpc) is 2.90. The number of anilines is 1. The van der Waals surface area contributed by atoms with E-state index in [0.717, 1.165) is 16.9 Å². The molecule has 0 spiro atoms. The summed E-state index contributed by atoms with van der Waals surface area (Å²) < 4.78 is 1.97. The number of benzene rings is 2. The first-order chi connectivity index (χ1) is 11.9. The van der Waals surface area contributed by atoms with Crippen molar-refractivity contribution in [2.45, 2.75) is 13.5 Å².